The van der Waals surface area contributed by atoms with E-state index < -0.39 is 17.8 Å². The van der Waals surface area contributed by atoms with Crippen molar-refractivity contribution in [1.82, 2.24) is 10.2 Å². The quantitative estimate of drug-likeness (QED) is 0.658. The van der Waals surface area contributed by atoms with Crippen LogP contribution in [0, 0.1) is 0 Å². The highest BCUT2D eigenvalue weighted by molar-refractivity contribution is 5.75. The van der Waals surface area contributed by atoms with Crippen LogP contribution in [-0.4, -0.2) is 42.8 Å². The highest BCUT2D eigenvalue weighted by Crippen LogP contribution is 2.35. The number of alkyl halides is 3. The van der Waals surface area contributed by atoms with Gasteiger partial charge in [0.15, 0.2) is 0 Å². The van der Waals surface area contributed by atoms with Crippen LogP contribution in [-0.2, 0) is 17.3 Å². The van der Waals surface area contributed by atoms with E-state index in [2.05, 4.69) is 5.32 Å². The summed E-state index contributed by atoms with van der Waals surface area (Å²) in [7, 11) is 1.55. The predicted molar refractivity (Wildman–Crippen MR) is 116 cm³/mol. The monoisotopic (exact) mass is 450 g/mol. The molecule has 0 saturated carbocycles. The number of amides is 2. The molecule has 174 valence electrons. The molecule has 1 atom stereocenters. The van der Waals surface area contributed by atoms with E-state index in [-0.39, 0.29) is 29.7 Å². The molecule has 5 nitrogen and oxygen atoms in total. The van der Waals surface area contributed by atoms with Gasteiger partial charge in [-0.1, -0.05) is 30.3 Å². The number of halogens is 3. The summed E-state index contributed by atoms with van der Waals surface area (Å²) in [5.41, 5.74) is -0.0968. The maximum Gasteiger partial charge on any atom is 0.416 e. The van der Waals surface area contributed by atoms with Gasteiger partial charge < -0.3 is 19.7 Å². The highest BCUT2D eigenvalue weighted by Gasteiger charge is 2.37. The molecule has 2 amide bonds. The number of hydrogen-bond donors (Lipinski definition) is 1. The van der Waals surface area contributed by atoms with E-state index in [0.717, 1.165) is 11.6 Å². The molecule has 32 heavy (non-hydrogen) atoms. The molecule has 8 heteroatoms. The van der Waals surface area contributed by atoms with Crippen LogP contribution in [0.2, 0.25) is 0 Å². The molecule has 1 fully saturated rings. The lowest BCUT2D eigenvalue weighted by Gasteiger charge is -2.42. The molecule has 2 aromatic rings. The number of nitrogens with zero attached hydrogens (tertiary/aromatic N) is 1. The average Bonchev–Trinajstić information content (AvgIpc) is 2.67. The summed E-state index contributed by atoms with van der Waals surface area (Å²) in [4.78, 5) is 13.9. The Bertz CT molecular complexity index is 917. The van der Waals surface area contributed by atoms with Gasteiger partial charge in [-0.15, -0.1) is 0 Å². The molecule has 0 spiro atoms. The van der Waals surface area contributed by atoms with Gasteiger partial charge >= 0.3 is 12.2 Å². The Hall–Kier alpha value is -2.74. The zero-order valence-electron chi connectivity index (χ0n) is 18.7. The first kappa shape index (κ1) is 23.9. The molecule has 1 unspecified atom stereocenters. The number of carbonyl (C=O) groups is 1. The summed E-state index contributed by atoms with van der Waals surface area (Å²) in [6.45, 7) is 6.47. The van der Waals surface area contributed by atoms with Gasteiger partial charge in [-0.25, -0.2) is 4.79 Å². The van der Waals surface area contributed by atoms with Crippen LogP contribution in [0.15, 0.2) is 48.5 Å². The van der Waals surface area contributed by atoms with Crippen LogP contribution in [0.5, 0.6) is 5.75 Å². The summed E-state index contributed by atoms with van der Waals surface area (Å²) in [6.07, 6.45) is -5.24. The van der Waals surface area contributed by atoms with Crippen molar-refractivity contribution < 1.29 is 27.4 Å². The number of carbonyl (C=O) groups excluding carboxylic acids is 1. The van der Waals surface area contributed by atoms with E-state index in [0.29, 0.717) is 18.8 Å². The van der Waals surface area contributed by atoms with Gasteiger partial charge in [-0.2, -0.15) is 13.2 Å². The third kappa shape index (κ3) is 6.16. The fourth-order valence-corrected chi connectivity index (χ4v) is 3.56. The lowest BCUT2D eigenvalue weighted by molar-refractivity contribution is -0.138. The number of nitrogens with one attached hydrogen (secondary N) is 1. The molecular weight excluding hydrogens is 421 g/mol. The minimum absolute atomic E-state index is 0.0622. The number of likely N-dealkylation sites (tertiary alicyclic amines) is 1. The largest absolute Gasteiger partial charge is 0.497 e. The van der Waals surface area contributed by atoms with Crippen LogP contribution in [0.1, 0.15) is 43.6 Å². The molecule has 1 aliphatic heterocycles. The van der Waals surface area contributed by atoms with E-state index in [9.17, 15) is 18.0 Å². The fraction of sp³-hybridized carbons (Fsp3) is 0.458. The topological polar surface area (TPSA) is 50.8 Å². The van der Waals surface area contributed by atoms with Crippen molar-refractivity contribution >= 4 is 6.03 Å². The van der Waals surface area contributed by atoms with E-state index in [4.69, 9.17) is 9.47 Å². The number of rotatable bonds is 6. The Morgan fingerprint density at radius 3 is 2.28 bits per heavy atom. The van der Waals surface area contributed by atoms with Crippen LogP contribution < -0.4 is 10.1 Å². The van der Waals surface area contributed by atoms with Crippen molar-refractivity contribution in [3.05, 3.63) is 65.2 Å². The van der Waals surface area contributed by atoms with Crippen LogP contribution in [0.25, 0.3) is 0 Å². The molecule has 3 rings (SSSR count). The maximum atomic E-state index is 13.5. The lowest BCUT2D eigenvalue weighted by Crippen LogP contribution is -2.60. The SMILES string of the molecule is COc1ccc(C(Cc2ccccc2C(F)(F)F)OC2CN(C(=O)NC(C)(C)C)C2)cc1. The van der Waals surface area contributed by atoms with Gasteiger partial charge in [-0.3, -0.25) is 0 Å². The Morgan fingerprint density at radius 1 is 1.09 bits per heavy atom. The van der Waals surface area contributed by atoms with E-state index >= 15 is 0 Å². The van der Waals surface area contributed by atoms with Crippen molar-refractivity contribution in [2.45, 2.75) is 51.1 Å². The zero-order valence-corrected chi connectivity index (χ0v) is 18.7. The van der Waals surface area contributed by atoms with Crippen molar-refractivity contribution in [2.75, 3.05) is 20.2 Å². The Balaban J connectivity index is 1.76. The van der Waals surface area contributed by atoms with E-state index in [1.54, 1.807) is 42.3 Å². The normalized spacial score (nSPS) is 15.8. The van der Waals surface area contributed by atoms with Gasteiger partial charge in [0.1, 0.15) is 5.75 Å². The summed E-state index contributed by atoms with van der Waals surface area (Å²) < 4.78 is 51.9. The van der Waals surface area contributed by atoms with Crippen LogP contribution in [0.3, 0.4) is 0 Å². The third-order valence-corrected chi connectivity index (χ3v) is 5.19. The number of ether oxygens (including phenoxy) is 2. The zero-order chi connectivity index (χ0) is 23.5. The first-order valence-electron chi connectivity index (χ1n) is 10.5. The third-order valence-electron chi connectivity index (χ3n) is 5.19. The molecule has 0 bridgehead atoms. The predicted octanol–water partition coefficient (Wildman–Crippen LogP) is 5.21. The van der Waals surface area contributed by atoms with Crippen molar-refractivity contribution in [3.8, 4) is 5.75 Å². The molecule has 1 aliphatic rings. The van der Waals surface area contributed by atoms with Gasteiger partial charge in [-0.05, 0) is 50.1 Å². The number of benzene rings is 2. The second-order valence-corrected chi connectivity index (χ2v) is 8.96. The molecular formula is C24H29F3N2O3. The summed E-state index contributed by atoms with van der Waals surface area (Å²) in [5.74, 6) is 0.650. The second kappa shape index (κ2) is 9.40. The summed E-state index contributed by atoms with van der Waals surface area (Å²) >= 11 is 0. The minimum Gasteiger partial charge on any atom is -0.497 e. The summed E-state index contributed by atoms with van der Waals surface area (Å²) in [5, 5.41) is 2.90. The summed E-state index contributed by atoms with van der Waals surface area (Å²) in [6, 6.07) is 12.5. The average molecular weight is 451 g/mol. The van der Waals surface area contributed by atoms with Crippen molar-refractivity contribution in [2.24, 2.45) is 0 Å². The Morgan fingerprint density at radius 2 is 1.72 bits per heavy atom. The standard InChI is InChI=1S/C24H29F3N2O3/c1-23(2,3)28-22(30)29-14-19(15-29)32-21(16-9-11-18(31-4)12-10-16)13-17-7-5-6-8-20(17)24(25,26)27/h5-12,19,21H,13-15H2,1-4H3,(H,28,30). The van der Waals surface area contributed by atoms with Crippen LogP contribution in [0.4, 0.5) is 18.0 Å². The second-order valence-electron chi connectivity index (χ2n) is 8.96. The first-order chi connectivity index (χ1) is 15.0. The number of urea groups is 1. The lowest BCUT2D eigenvalue weighted by atomic mass is 9.96. The number of methoxy groups -OCH3 is 1. The fourth-order valence-electron chi connectivity index (χ4n) is 3.56. The molecule has 2 aromatic carbocycles. The smallest absolute Gasteiger partial charge is 0.416 e. The molecule has 1 saturated heterocycles. The van der Waals surface area contributed by atoms with E-state index in [1.807, 2.05) is 20.8 Å². The van der Waals surface area contributed by atoms with E-state index in [1.165, 1.54) is 12.1 Å². The maximum absolute atomic E-state index is 13.5. The number of hydrogen-bond acceptors (Lipinski definition) is 3. The highest BCUT2D eigenvalue weighted by atomic mass is 19.4. The van der Waals surface area contributed by atoms with Crippen molar-refractivity contribution in [3.63, 3.8) is 0 Å². The van der Waals surface area contributed by atoms with Gasteiger partial charge in [0.05, 0.1) is 38.0 Å². The van der Waals surface area contributed by atoms with Gasteiger partial charge in [0.2, 0.25) is 0 Å². The molecule has 1 heterocycles. The Labute approximate surface area is 186 Å². The molecule has 1 N–H and O–H groups in total. The van der Waals surface area contributed by atoms with Crippen LogP contribution >= 0.6 is 0 Å². The first-order valence-corrected chi connectivity index (χ1v) is 10.5. The molecule has 0 aliphatic carbocycles. The van der Waals surface area contributed by atoms with Crippen molar-refractivity contribution in [1.29, 1.82) is 0 Å². The molecule has 0 radical (unpaired) electrons. The minimum atomic E-state index is -4.45. The Kier molecular flexibility index (Phi) is 7.03. The van der Waals surface area contributed by atoms with Gasteiger partial charge in [0.25, 0.3) is 0 Å². The molecule has 0 aromatic heterocycles. The van der Waals surface area contributed by atoms with Gasteiger partial charge in [0, 0.05) is 12.0 Å².